The fraction of sp³-hybridized carbons (Fsp3) is 0.625. The summed E-state index contributed by atoms with van der Waals surface area (Å²) in [5.74, 6) is 0.904. The van der Waals surface area contributed by atoms with Gasteiger partial charge in [-0.05, 0) is 43.7 Å². The normalized spacial score (nSPS) is 30.1. The number of hydrogen-bond acceptors (Lipinski definition) is 2. The molecule has 0 amide bonds. The quantitative estimate of drug-likeness (QED) is 0.885. The zero-order valence-electron chi connectivity index (χ0n) is 11.0. The Morgan fingerprint density at radius 2 is 1.89 bits per heavy atom. The van der Waals surface area contributed by atoms with E-state index in [-0.39, 0.29) is 6.10 Å². The molecule has 1 N–H and O–H groups in total. The number of aliphatic hydroxyl groups excluding tert-OH is 1. The minimum absolute atomic E-state index is 0.328. The molecule has 1 aromatic carbocycles. The highest BCUT2D eigenvalue weighted by atomic mass is 16.3. The van der Waals surface area contributed by atoms with Crippen molar-refractivity contribution < 1.29 is 5.11 Å². The van der Waals surface area contributed by atoms with Crippen LogP contribution in [0, 0.1) is 5.92 Å². The Morgan fingerprint density at radius 3 is 2.72 bits per heavy atom. The Bertz CT molecular complexity index is 378. The molecule has 98 valence electrons. The van der Waals surface area contributed by atoms with E-state index in [0.717, 1.165) is 24.1 Å². The molecule has 3 atom stereocenters. The molecule has 0 radical (unpaired) electrons. The topological polar surface area (TPSA) is 23.5 Å². The smallest absolute Gasteiger partial charge is 0.0917 e. The van der Waals surface area contributed by atoms with Crippen LogP contribution in [0.4, 0.5) is 0 Å². The summed E-state index contributed by atoms with van der Waals surface area (Å²) in [4.78, 5) is 2.54. The molecule has 1 aliphatic heterocycles. The average Bonchev–Trinajstić information content (AvgIpc) is 2.89. The van der Waals surface area contributed by atoms with Crippen LogP contribution < -0.4 is 0 Å². The van der Waals surface area contributed by atoms with Gasteiger partial charge in [-0.15, -0.1) is 0 Å². The summed E-state index contributed by atoms with van der Waals surface area (Å²) < 4.78 is 0. The van der Waals surface area contributed by atoms with Crippen molar-refractivity contribution in [2.45, 2.75) is 44.2 Å². The standard InChI is InChI=1S/C16H23NO/c18-16(14-6-2-1-3-7-14)12-17-11-5-9-13-8-4-10-15(13)17/h1-3,6-7,13,15-16,18H,4-5,8-12H2. The van der Waals surface area contributed by atoms with E-state index in [4.69, 9.17) is 0 Å². The molecule has 3 rings (SSSR count). The molecule has 18 heavy (non-hydrogen) atoms. The highest BCUT2D eigenvalue weighted by Gasteiger charge is 2.35. The third-order valence-corrected chi connectivity index (χ3v) is 4.70. The van der Waals surface area contributed by atoms with E-state index in [0.29, 0.717) is 0 Å². The predicted octanol–water partition coefficient (Wildman–Crippen LogP) is 2.98. The maximum absolute atomic E-state index is 10.4. The highest BCUT2D eigenvalue weighted by Crippen LogP contribution is 2.37. The van der Waals surface area contributed by atoms with Crippen LogP contribution in [0.2, 0.25) is 0 Å². The third kappa shape index (κ3) is 2.45. The number of rotatable bonds is 3. The second kappa shape index (κ2) is 5.41. The minimum Gasteiger partial charge on any atom is -0.387 e. The largest absolute Gasteiger partial charge is 0.387 e. The van der Waals surface area contributed by atoms with E-state index in [9.17, 15) is 5.11 Å². The van der Waals surface area contributed by atoms with Crippen molar-refractivity contribution in [2.75, 3.05) is 13.1 Å². The van der Waals surface area contributed by atoms with Gasteiger partial charge in [-0.2, -0.15) is 0 Å². The maximum Gasteiger partial charge on any atom is 0.0917 e. The van der Waals surface area contributed by atoms with E-state index in [1.165, 1.54) is 38.6 Å². The Kier molecular flexibility index (Phi) is 3.67. The Labute approximate surface area is 110 Å². The predicted molar refractivity (Wildman–Crippen MR) is 73.3 cm³/mol. The lowest BCUT2D eigenvalue weighted by Gasteiger charge is -2.38. The number of benzene rings is 1. The summed E-state index contributed by atoms with van der Waals surface area (Å²) >= 11 is 0. The molecule has 3 unspecified atom stereocenters. The average molecular weight is 245 g/mol. The Balaban J connectivity index is 1.65. The SMILES string of the molecule is OC(CN1CCCC2CCCC21)c1ccccc1. The van der Waals surface area contributed by atoms with Gasteiger partial charge in [0.05, 0.1) is 6.10 Å². The van der Waals surface area contributed by atoms with Crippen molar-refractivity contribution in [1.82, 2.24) is 4.90 Å². The summed E-state index contributed by atoms with van der Waals surface area (Å²) in [6.07, 6.45) is 6.51. The van der Waals surface area contributed by atoms with Gasteiger partial charge < -0.3 is 5.11 Å². The molecule has 1 aliphatic carbocycles. The van der Waals surface area contributed by atoms with Gasteiger partial charge in [0.1, 0.15) is 0 Å². The Hall–Kier alpha value is -0.860. The van der Waals surface area contributed by atoms with Crippen molar-refractivity contribution in [3.63, 3.8) is 0 Å². The van der Waals surface area contributed by atoms with E-state index in [1.54, 1.807) is 0 Å². The van der Waals surface area contributed by atoms with Crippen molar-refractivity contribution in [3.05, 3.63) is 35.9 Å². The molecular weight excluding hydrogens is 222 g/mol. The molecule has 2 aliphatic rings. The molecule has 2 heteroatoms. The first kappa shape index (κ1) is 12.2. The molecule has 2 fully saturated rings. The van der Waals surface area contributed by atoms with Gasteiger partial charge in [0, 0.05) is 12.6 Å². The van der Waals surface area contributed by atoms with Gasteiger partial charge in [0.25, 0.3) is 0 Å². The zero-order chi connectivity index (χ0) is 12.4. The molecule has 0 aromatic heterocycles. The van der Waals surface area contributed by atoms with E-state index < -0.39 is 0 Å². The number of aliphatic hydroxyl groups is 1. The molecule has 1 saturated heterocycles. The summed E-state index contributed by atoms with van der Waals surface area (Å²) in [6.45, 7) is 1.98. The first-order valence-electron chi connectivity index (χ1n) is 7.31. The molecular formula is C16H23NO. The van der Waals surface area contributed by atoms with E-state index in [1.807, 2.05) is 30.3 Å². The molecule has 0 bridgehead atoms. The van der Waals surface area contributed by atoms with Gasteiger partial charge in [0.15, 0.2) is 0 Å². The summed E-state index contributed by atoms with van der Waals surface area (Å²) in [5, 5.41) is 10.4. The van der Waals surface area contributed by atoms with Gasteiger partial charge in [-0.3, -0.25) is 4.90 Å². The monoisotopic (exact) mass is 245 g/mol. The highest BCUT2D eigenvalue weighted by molar-refractivity contribution is 5.17. The number of β-amino-alcohol motifs (C(OH)–C–C–N with tert-alkyl or cyclic N) is 1. The summed E-state index contributed by atoms with van der Waals surface area (Å²) in [7, 11) is 0. The first-order valence-corrected chi connectivity index (χ1v) is 7.31. The number of fused-ring (bicyclic) bond motifs is 1. The maximum atomic E-state index is 10.4. The molecule has 1 saturated carbocycles. The van der Waals surface area contributed by atoms with Crippen LogP contribution in [0.5, 0.6) is 0 Å². The number of piperidine rings is 1. The number of nitrogens with zero attached hydrogens (tertiary/aromatic N) is 1. The number of hydrogen-bond donors (Lipinski definition) is 1. The fourth-order valence-corrected chi connectivity index (χ4v) is 3.79. The zero-order valence-corrected chi connectivity index (χ0v) is 11.0. The molecule has 1 aromatic rings. The second-order valence-electron chi connectivity index (χ2n) is 5.82. The van der Waals surface area contributed by atoms with Crippen molar-refractivity contribution in [2.24, 2.45) is 5.92 Å². The lowest BCUT2D eigenvalue weighted by molar-refractivity contribution is 0.0507. The van der Waals surface area contributed by atoms with Crippen molar-refractivity contribution >= 4 is 0 Å². The Morgan fingerprint density at radius 1 is 1.11 bits per heavy atom. The molecule has 0 spiro atoms. The van der Waals surface area contributed by atoms with Gasteiger partial charge in [0.2, 0.25) is 0 Å². The fourth-order valence-electron chi connectivity index (χ4n) is 3.79. The molecule has 2 nitrogen and oxygen atoms in total. The summed E-state index contributed by atoms with van der Waals surface area (Å²) in [6, 6.07) is 10.8. The van der Waals surface area contributed by atoms with Crippen LogP contribution in [0.15, 0.2) is 30.3 Å². The van der Waals surface area contributed by atoms with Crippen molar-refractivity contribution in [1.29, 1.82) is 0 Å². The van der Waals surface area contributed by atoms with Gasteiger partial charge in [-0.25, -0.2) is 0 Å². The van der Waals surface area contributed by atoms with Gasteiger partial charge >= 0.3 is 0 Å². The van der Waals surface area contributed by atoms with E-state index in [2.05, 4.69) is 4.90 Å². The lowest BCUT2D eigenvalue weighted by atomic mass is 9.91. The number of likely N-dealkylation sites (tertiary alicyclic amines) is 1. The minimum atomic E-state index is -0.328. The van der Waals surface area contributed by atoms with Crippen LogP contribution in [0.3, 0.4) is 0 Å². The van der Waals surface area contributed by atoms with Crippen LogP contribution in [-0.2, 0) is 0 Å². The first-order chi connectivity index (χ1) is 8.84. The van der Waals surface area contributed by atoms with Crippen molar-refractivity contribution in [3.8, 4) is 0 Å². The van der Waals surface area contributed by atoms with Crippen LogP contribution in [0.25, 0.3) is 0 Å². The van der Waals surface area contributed by atoms with Crippen LogP contribution in [-0.4, -0.2) is 29.1 Å². The van der Waals surface area contributed by atoms with Gasteiger partial charge in [-0.1, -0.05) is 36.8 Å². The molecule has 1 heterocycles. The lowest BCUT2D eigenvalue weighted by Crippen LogP contribution is -2.44. The summed E-state index contributed by atoms with van der Waals surface area (Å²) in [5.41, 5.74) is 1.05. The van der Waals surface area contributed by atoms with E-state index >= 15 is 0 Å². The third-order valence-electron chi connectivity index (χ3n) is 4.70. The van der Waals surface area contributed by atoms with Crippen LogP contribution >= 0.6 is 0 Å². The second-order valence-corrected chi connectivity index (χ2v) is 5.82. The van der Waals surface area contributed by atoms with Crippen LogP contribution in [0.1, 0.15) is 43.8 Å².